The Labute approximate surface area is 161 Å². The van der Waals surface area contributed by atoms with Crippen LogP contribution in [0, 0.1) is 0 Å². The van der Waals surface area contributed by atoms with Crippen molar-refractivity contribution in [3.63, 3.8) is 0 Å². The van der Waals surface area contributed by atoms with Gasteiger partial charge in [0.25, 0.3) is 0 Å². The number of carbonyl (C=O) groups excluding carboxylic acids is 1. The van der Waals surface area contributed by atoms with Gasteiger partial charge in [-0.3, -0.25) is 0 Å². The topological polar surface area (TPSA) is 54.0 Å². The van der Waals surface area contributed by atoms with E-state index in [9.17, 15) is 4.79 Å². The van der Waals surface area contributed by atoms with Crippen molar-refractivity contribution in [1.29, 1.82) is 0 Å². The lowest BCUT2D eigenvalue weighted by atomic mass is 10.1. The molecule has 1 rings (SSSR count). The molecule has 1 saturated heterocycles. The zero-order chi connectivity index (χ0) is 19.5. The molecule has 1 aliphatic rings. The number of ether oxygens (including phenoxy) is 3. The minimum Gasteiger partial charge on any atom is -0.466 e. The maximum absolute atomic E-state index is 11.4. The lowest BCUT2D eigenvalue weighted by molar-refractivity contribution is -0.145. The van der Waals surface area contributed by atoms with Crippen LogP contribution in [0.1, 0.15) is 41.0 Å². The number of methoxy groups -OCH3 is 1. The van der Waals surface area contributed by atoms with Gasteiger partial charge in [0.2, 0.25) is 0 Å². The third-order valence-electron chi connectivity index (χ3n) is 4.78. The van der Waals surface area contributed by atoms with Gasteiger partial charge in [0.05, 0.1) is 19.3 Å². The van der Waals surface area contributed by atoms with Crippen molar-refractivity contribution in [2.75, 3.05) is 12.4 Å². The van der Waals surface area contributed by atoms with Crippen molar-refractivity contribution in [2.45, 2.75) is 83.3 Å². The molecule has 1 aliphatic heterocycles. The monoisotopic (exact) mass is 436 g/mol. The van der Waals surface area contributed by atoms with Crippen LogP contribution in [0.25, 0.3) is 0 Å². The Morgan fingerprint density at radius 2 is 1.92 bits per heavy atom. The molecular formula is C18H33BrO5Si. The lowest BCUT2D eigenvalue weighted by Gasteiger charge is -2.39. The molecule has 0 unspecified atom stereocenters. The Kier molecular flexibility index (Phi) is 7.90. The van der Waals surface area contributed by atoms with E-state index in [0.717, 1.165) is 5.33 Å². The molecule has 1 heterocycles. The second-order valence-electron chi connectivity index (χ2n) is 8.41. The first kappa shape index (κ1) is 22.8. The summed E-state index contributed by atoms with van der Waals surface area (Å²) in [7, 11) is -0.524. The van der Waals surface area contributed by atoms with Crippen molar-refractivity contribution in [3.05, 3.63) is 12.2 Å². The zero-order valence-corrected chi connectivity index (χ0v) is 19.3. The first-order valence-electron chi connectivity index (χ1n) is 8.67. The van der Waals surface area contributed by atoms with Gasteiger partial charge in [-0.25, -0.2) is 4.79 Å². The van der Waals surface area contributed by atoms with Crippen LogP contribution in [0.15, 0.2) is 12.2 Å². The summed E-state index contributed by atoms with van der Waals surface area (Å²) in [5.41, 5.74) is 0. The van der Waals surface area contributed by atoms with Crippen molar-refractivity contribution in [2.24, 2.45) is 0 Å². The highest BCUT2D eigenvalue weighted by Gasteiger charge is 2.43. The molecule has 0 bridgehead atoms. The summed E-state index contributed by atoms with van der Waals surface area (Å²) in [4.78, 5) is 11.4. The van der Waals surface area contributed by atoms with Gasteiger partial charge in [0.15, 0.2) is 14.1 Å². The summed E-state index contributed by atoms with van der Waals surface area (Å²) < 4.78 is 23.1. The van der Waals surface area contributed by atoms with Crippen molar-refractivity contribution >= 4 is 30.2 Å². The molecule has 0 amide bonds. The van der Waals surface area contributed by atoms with Crippen LogP contribution in [-0.4, -0.2) is 50.8 Å². The van der Waals surface area contributed by atoms with Crippen LogP contribution in [0.4, 0.5) is 0 Å². The summed E-state index contributed by atoms with van der Waals surface area (Å²) in [5.74, 6) is -1.09. The summed E-state index contributed by atoms with van der Waals surface area (Å²) in [6.45, 7) is 14.9. The Hall–Kier alpha value is -0.213. The number of hydrogen-bond donors (Lipinski definition) is 0. The Bertz CT molecular complexity index is 484. The van der Waals surface area contributed by atoms with E-state index in [2.05, 4.69) is 54.5 Å². The molecule has 0 aromatic carbocycles. The predicted molar refractivity (Wildman–Crippen MR) is 105 cm³/mol. The minimum absolute atomic E-state index is 0.0254. The maximum atomic E-state index is 11.4. The minimum atomic E-state index is -1.88. The normalized spacial score (nSPS) is 25.3. The number of esters is 1. The summed E-state index contributed by atoms with van der Waals surface area (Å²) >= 11 is 3.57. The molecule has 25 heavy (non-hydrogen) atoms. The van der Waals surface area contributed by atoms with E-state index in [4.69, 9.17) is 13.9 Å². The summed E-state index contributed by atoms with van der Waals surface area (Å²) in [6.07, 6.45) is 3.33. The van der Waals surface area contributed by atoms with E-state index < -0.39 is 20.1 Å². The number of hydrogen-bond acceptors (Lipinski definition) is 5. The first-order valence-corrected chi connectivity index (χ1v) is 12.7. The molecule has 0 aliphatic carbocycles. The van der Waals surface area contributed by atoms with Crippen LogP contribution in [-0.2, 0) is 23.4 Å². The van der Waals surface area contributed by atoms with Crippen LogP contribution in [0.3, 0.4) is 0 Å². The zero-order valence-electron chi connectivity index (χ0n) is 16.7. The first-order chi connectivity index (χ1) is 11.3. The Balaban J connectivity index is 2.84. The van der Waals surface area contributed by atoms with Gasteiger partial charge in [-0.15, -0.1) is 0 Å². The molecule has 1 fully saturated rings. The molecule has 0 aromatic rings. The highest BCUT2D eigenvalue weighted by molar-refractivity contribution is 9.09. The highest BCUT2D eigenvalue weighted by atomic mass is 79.9. The second-order valence-corrected chi connectivity index (χ2v) is 13.8. The van der Waals surface area contributed by atoms with Gasteiger partial charge >= 0.3 is 5.97 Å². The van der Waals surface area contributed by atoms with E-state index in [1.165, 1.54) is 13.2 Å². The van der Waals surface area contributed by atoms with E-state index >= 15 is 0 Å². The molecular weight excluding hydrogens is 404 g/mol. The van der Waals surface area contributed by atoms with E-state index in [1.807, 2.05) is 13.8 Å². The average molecular weight is 437 g/mol. The Morgan fingerprint density at radius 3 is 2.40 bits per heavy atom. The summed E-state index contributed by atoms with van der Waals surface area (Å²) in [6, 6.07) is 0. The quantitative estimate of drug-likeness (QED) is 0.256. The average Bonchev–Trinajstić information content (AvgIpc) is 2.76. The fourth-order valence-electron chi connectivity index (χ4n) is 2.45. The molecule has 0 saturated carbocycles. The SMILES string of the molecule is COC(=O)/C=C/[C@H]1OC(C)(C)O[C@H]1C[C@@H](CBr)O[Si](C)(C)C(C)(C)C. The number of carbonyl (C=O) groups is 1. The van der Waals surface area contributed by atoms with E-state index in [-0.39, 0.29) is 23.4 Å². The van der Waals surface area contributed by atoms with Gasteiger partial charge < -0.3 is 18.6 Å². The van der Waals surface area contributed by atoms with Gasteiger partial charge in [-0.05, 0) is 38.1 Å². The van der Waals surface area contributed by atoms with Crippen LogP contribution in [0.5, 0.6) is 0 Å². The molecule has 146 valence electrons. The van der Waals surface area contributed by atoms with Gasteiger partial charge in [0.1, 0.15) is 6.10 Å². The standard InChI is InChI=1S/C18H33BrO5Si/c1-17(2,3)25(7,8)24-13(12-19)11-15-14(9-10-16(20)21-6)22-18(4,5)23-15/h9-10,13-15H,11-12H2,1-8H3/b10-9+/t13-,14+,15-/m0/s1. The van der Waals surface area contributed by atoms with Crippen molar-refractivity contribution in [1.82, 2.24) is 0 Å². The third-order valence-corrected chi connectivity index (χ3v) is 10.0. The smallest absolute Gasteiger partial charge is 0.330 e. The molecule has 0 aromatic heterocycles. The fourth-order valence-corrected chi connectivity index (χ4v) is 4.45. The van der Waals surface area contributed by atoms with Crippen LogP contribution in [0.2, 0.25) is 18.1 Å². The molecule has 0 spiro atoms. The van der Waals surface area contributed by atoms with E-state index in [0.29, 0.717) is 6.42 Å². The van der Waals surface area contributed by atoms with E-state index in [1.54, 1.807) is 6.08 Å². The summed E-state index contributed by atoms with van der Waals surface area (Å²) in [5, 5.41) is 0.872. The van der Waals surface area contributed by atoms with Crippen molar-refractivity contribution < 1.29 is 23.4 Å². The van der Waals surface area contributed by atoms with Crippen molar-refractivity contribution in [3.8, 4) is 0 Å². The third kappa shape index (κ3) is 6.79. The second kappa shape index (κ2) is 8.65. The largest absolute Gasteiger partial charge is 0.466 e. The molecule has 3 atom stereocenters. The predicted octanol–water partition coefficient (Wildman–Crippen LogP) is 4.41. The molecule has 7 heteroatoms. The van der Waals surface area contributed by atoms with Crippen LogP contribution < -0.4 is 0 Å². The maximum Gasteiger partial charge on any atom is 0.330 e. The lowest BCUT2D eigenvalue weighted by Crippen LogP contribution is -2.45. The molecule has 5 nitrogen and oxygen atoms in total. The molecule has 0 radical (unpaired) electrons. The van der Waals surface area contributed by atoms with Crippen LogP contribution >= 0.6 is 15.9 Å². The Morgan fingerprint density at radius 1 is 1.32 bits per heavy atom. The number of rotatable bonds is 7. The number of alkyl halides is 1. The number of halogens is 1. The fraction of sp³-hybridized carbons (Fsp3) is 0.833. The van der Waals surface area contributed by atoms with Gasteiger partial charge in [-0.1, -0.05) is 36.7 Å². The van der Waals surface area contributed by atoms with Gasteiger partial charge in [0, 0.05) is 17.8 Å². The highest BCUT2D eigenvalue weighted by Crippen LogP contribution is 2.39. The molecule has 0 N–H and O–H groups in total. The van der Waals surface area contributed by atoms with Gasteiger partial charge in [-0.2, -0.15) is 0 Å².